The molecule has 0 aliphatic carbocycles. The van der Waals surface area contributed by atoms with Crippen LogP contribution in [0.2, 0.25) is 0 Å². The number of aliphatic hydroxyl groups is 1. The molecule has 1 fully saturated rings. The number of aliphatic hydroxyl groups excluding tert-OH is 1. The lowest BCUT2D eigenvalue weighted by Crippen LogP contribution is -2.35. The minimum Gasteiger partial charge on any atom is -0.395 e. The van der Waals surface area contributed by atoms with Crippen molar-refractivity contribution in [3.8, 4) is 0 Å². The second-order valence-electron chi connectivity index (χ2n) is 2.85. The quantitative estimate of drug-likeness (QED) is 0.548. The van der Waals surface area contributed by atoms with Gasteiger partial charge in [-0.2, -0.15) is 0 Å². The van der Waals surface area contributed by atoms with E-state index < -0.39 is 0 Å². The van der Waals surface area contributed by atoms with Crippen LogP contribution in [-0.4, -0.2) is 49.3 Å². The van der Waals surface area contributed by atoms with Crippen molar-refractivity contribution in [1.82, 2.24) is 10.2 Å². The van der Waals surface area contributed by atoms with Crippen LogP contribution in [0.5, 0.6) is 0 Å². The molecule has 1 aliphatic rings. The Balaban J connectivity index is 2.18. The lowest BCUT2D eigenvalue weighted by molar-refractivity contribution is 0.187. The van der Waals surface area contributed by atoms with Crippen molar-refractivity contribution < 1.29 is 5.11 Å². The number of hydrogen-bond donors (Lipinski definition) is 2. The number of likely N-dealkylation sites (N-methyl/N-ethyl adjacent to an activating group) is 1. The summed E-state index contributed by atoms with van der Waals surface area (Å²) in [6.45, 7) is 3.27. The number of nitrogens with zero attached hydrogens (tertiary/aromatic N) is 1. The molecule has 10 heavy (non-hydrogen) atoms. The summed E-state index contributed by atoms with van der Waals surface area (Å²) in [5.41, 5.74) is 0. The second kappa shape index (κ2) is 3.91. The fourth-order valence-corrected chi connectivity index (χ4v) is 1.36. The van der Waals surface area contributed by atoms with Gasteiger partial charge in [-0.25, -0.2) is 0 Å². The lowest BCUT2D eigenvalue weighted by atomic mass is 10.2. The Kier molecular flexibility index (Phi) is 3.12. The largest absolute Gasteiger partial charge is 0.395 e. The van der Waals surface area contributed by atoms with Crippen LogP contribution in [-0.2, 0) is 0 Å². The van der Waals surface area contributed by atoms with Gasteiger partial charge >= 0.3 is 0 Å². The molecule has 0 aromatic rings. The fourth-order valence-electron chi connectivity index (χ4n) is 1.36. The van der Waals surface area contributed by atoms with E-state index >= 15 is 0 Å². The molecule has 0 aromatic carbocycles. The van der Waals surface area contributed by atoms with Crippen molar-refractivity contribution in [1.29, 1.82) is 0 Å². The SMILES string of the molecule is CN(CCO)[C@@H]1CCNC1. The predicted molar refractivity (Wildman–Crippen MR) is 41.0 cm³/mol. The number of hydrogen-bond acceptors (Lipinski definition) is 3. The van der Waals surface area contributed by atoms with Gasteiger partial charge < -0.3 is 10.4 Å². The summed E-state index contributed by atoms with van der Waals surface area (Å²) in [4.78, 5) is 2.21. The first-order valence-electron chi connectivity index (χ1n) is 3.86. The Hall–Kier alpha value is -0.120. The van der Waals surface area contributed by atoms with Gasteiger partial charge in [0.2, 0.25) is 0 Å². The van der Waals surface area contributed by atoms with Gasteiger partial charge in [-0.15, -0.1) is 0 Å². The number of nitrogens with one attached hydrogen (secondary N) is 1. The number of rotatable bonds is 3. The van der Waals surface area contributed by atoms with Crippen molar-refractivity contribution in [3.05, 3.63) is 0 Å². The maximum Gasteiger partial charge on any atom is 0.0558 e. The van der Waals surface area contributed by atoms with E-state index in [2.05, 4.69) is 17.3 Å². The molecule has 0 radical (unpaired) electrons. The van der Waals surface area contributed by atoms with Gasteiger partial charge in [-0.05, 0) is 20.0 Å². The first-order valence-corrected chi connectivity index (χ1v) is 3.86. The van der Waals surface area contributed by atoms with Crippen LogP contribution in [0.25, 0.3) is 0 Å². The molecule has 60 valence electrons. The highest BCUT2D eigenvalue weighted by atomic mass is 16.3. The van der Waals surface area contributed by atoms with Crippen molar-refractivity contribution in [2.24, 2.45) is 0 Å². The molecule has 0 spiro atoms. The summed E-state index contributed by atoms with van der Waals surface area (Å²) < 4.78 is 0. The van der Waals surface area contributed by atoms with Crippen LogP contribution in [0, 0.1) is 0 Å². The van der Waals surface area contributed by atoms with Gasteiger partial charge in [0.25, 0.3) is 0 Å². The Morgan fingerprint density at radius 3 is 3.00 bits per heavy atom. The van der Waals surface area contributed by atoms with Crippen LogP contribution in [0.4, 0.5) is 0 Å². The average molecular weight is 144 g/mol. The van der Waals surface area contributed by atoms with Crippen molar-refractivity contribution in [3.63, 3.8) is 0 Å². The van der Waals surface area contributed by atoms with Crippen LogP contribution < -0.4 is 5.32 Å². The molecule has 1 atom stereocenters. The summed E-state index contributed by atoms with van der Waals surface area (Å²) >= 11 is 0. The van der Waals surface area contributed by atoms with Gasteiger partial charge in [0.05, 0.1) is 6.61 Å². The van der Waals surface area contributed by atoms with Crippen LogP contribution in [0.1, 0.15) is 6.42 Å². The molecular formula is C7H16N2O. The molecule has 1 heterocycles. The van der Waals surface area contributed by atoms with Gasteiger partial charge in [-0.1, -0.05) is 0 Å². The first kappa shape index (κ1) is 7.98. The summed E-state index contributed by atoms with van der Waals surface area (Å²) in [5.74, 6) is 0. The maximum atomic E-state index is 8.63. The summed E-state index contributed by atoms with van der Waals surface area (Å²) in [7, 11) is 2.06. The molecule has 1 saturated heterocycles. The molecule has 0 bridgehead atoms. The summed E-state index contributed by atoms with van der Waals surface area (Å²) in [6.07, 6.45) is 1.22. The fraction of sp³-hybridized carbons (Fsp3) is 1.00. The zero-order valence-electron chi connectivity index (χ0n) is 6.51. The molecule has 1 rings (SSSR count). The minimum absolute atomic E-state index is 0.271. The van der Waals surface area contributed by atoms with Crippen LogP contribution in [0.15, 0.2) is 0 Å². The molecule has 0 unspecified atom stereocenters. The predicted octanol–water partition coefficient (Wildman–Crippen LogP) is -0.728. The van der Waals surface area contributed by atoms with E-state index in [4.69, 9.17) is 5.11 Å². The van der Waals surface area contributed by atoms with E-state index in [-0.39, 0.29) is 6.61 Å². The molecule has 2 N–H and O–H groups in total. The van der Waals surface area contributed by atoms with Crippen LogP contribution >= 0.6 is 0 Å². The van der Waals surface area contributed by atoms with Gasteiger partial charge in [0.15, 0.2) is 0 Å². The molecule has 0 amide bonds. The zero-order valence-corrected chi connectivity index (χ0v) is 6.51. The molecular weight excluding hydrogens is 128 g/mol. The van der Waals surface area contributed by atoms with E-state index in [1.54, 1.807) is 0 Å². The average Bonchev–Trinajstić information content (AvgIpc) is 2.38. The topological polar surface area (TPSA) is 35.5 Å². The highest BCUT2D eigenvalue weighted by Crippen LogP contribution is 2.04. The molecule has 1 aliphatic heterocycles. The third-order valence-electron chi connectivity index (χ3n) is 2.11. The summed E-state index contributed by atoms with van der Waals surface area (Å²) in [6, 6.07) is 0.646. The zero-order chi connectivity index (χ0) is 7.40. The third-order valence-corrected chi connectivity index (χ3v) is 2.11. The van der Waals surface area contributed by atoms with Crippen molar-refractivity contribution in [2.45, 2.75) is 12.5 Å². The van der Waals surface area contributed by atoms with E-state index in [9.17, 15) is 0 Å². The normalized spacial score (nSPS) is 26.1. The van der Waals surface area contributed by atoms with Crippen LogP contribution in [0.3, 0.4) is 0 Å². The minimum atomic E-state index is 0.271. The highest BCUT2D eigenvalue weighted by Gasteiger charge is 2.17. The van der Waals surface area contributed by atoms with E-state index in [0.29, 0.717) is 6.04 Å². The Bertz CT molecular complexity index is 91.6. The highest BCUT2D eigenvalue weighted by molar-refractivity contribution is 4.78. The Morgan fingerprint density at radius 2 is 2.50 bits per heavy atom. The third kappa shape index (κ3) is 1.94. The maximum absolute atomic E-state index is 8.63. The molecule has 3 heteroatoms. The summed E-state index contributed by atoms with van der Waals surface area (Å²) in [5, 5.41) is 11.9. The van der Waals surface area contributed by atoms with Gasteiger partial charge in [0, 0.05) is 19.1 Å². The van der Waals surface area contributed by atoms with Crippen molar-refractivity contribution in [2.75, 3.05) is 33.3 Å². The monoisotopic (exact) mass is 144 g/mol. The first-order chi connectivity index (χ1) is 4.84. The Morgan fingerprint density at radius 1 is 1.70 bits per heavy atom. The van der Waals surface area contributed by atoms with Gasteiger partial charge in [-0.3, -0.25) is 4.90 Å². The van der Waals surface area contributed by atoms with Gasteiger partial charge in [0.1, 0.15) is 0 Å². The second-order valence-corrected chi connectivity index (χ2v) is 2.85. The molecule has 0 saturated carbocycles. The Labute approximate surface area is 62.0 Å². The standard InChI is InChI=1S/C7H16N2O/c1-9(4-5-10)7-2-3-8-6-7/h7-8,10H,2-6H2,1H3/t7-/m1/s1. The molecule has 0 aromatic heterocycles. The van der Waals surface area contributed by atoms with E-state index in [1.165, 1.54) is 6.42 Å². The smallest absolute Gasteiger partial charge is 0.0558 e. The van der Waals surface area contributed by atoms with E-state index in [0.717, 1.165) is 19.6 Å². The van der Waals surface area contributed by atoms with Crippen molar-refractivity contribution >= 4 is 0 Å². The molecule has 3 nitrogen and oxygen atoms in total. The lowest BCUT2D eigenvalue weighted by Gasteiger charge is -2.21. The van der Waals surface area contributed by atoms with E-state index in [1.807, 2.05) is 0 Å².